The van der Waals surface area contributed by atoms with Gasteiger partial charge in [0.2, 0.25) is 0 Å². The van der Waals surface area contributed by atoms with E-state index in [0.29, 0.717) is 11.1 Å². The summed E-state index contributed by atoms with van der Waals surface area (Å²) in [6.45, 7) is 0. The molecule has 0 spiro atoms. The molecule has 0 aromatic heterocycles. The number of aliphatic carboxylic acids is 1. The third-order valence-electron chi connectivity index (χ3n) is 2.89. The van der Waals surface area contributed by atoms with Crippen LogP contribution >= 0.6 is 0 Å². The Morgan fingerprint density at radius 1 is 0.909 bits per heavy atom. The summed E-state index contributed by atoms with van der Waals surface area (Å²) in [5.41, 5.74) is 1.06. The maximum absolute atomic E-state index is 11.8. The van der Waals surface area contributed by atoms with Crippen LogP contribution in [0.2, 0.25) is 0 Å². The number of ether oxygens (including phenoxy) is 1. The number of hydrogen-bond donors (Lipinski definition) is 3. The van der Waals surface area contributed by atoms with Crippen molar-refractivity contribution >= 4 is 11.9 Å². The Hall–Kier alpha value is -3.02. The number of benzene rings is 2. The van der Waals surface area contributed by atoms with Crippen molar-refractivity contribution in [3.8, 4) is 17.2 Å². The minimum Gasteiger partial charge on any atom is -0.508 e. The number of phenols is 2. The van der Waals surface area contributed by atoms with Crippen molar-refractivity contribution in [3.05, 3.63) is 53.6 Å². The molecular formula is C16H14O6. The number of phenolic OH excluding ortho intramolecular Hbond substituents is 2. The Kier molecular flexibility index (Phi) is 4.63. The molecule has 3 N–H and O–H groups in total. The van der Waals surface area contributed by atoms with Crippen molar-refractivity contribution in [2.45, 2.75) is 12.8 Å². The van der Waals surface area contributed by atoms with Gasteiger partial charge in [0.1, 0.15) is 5.75 Å². The average Bonchev–Trinajstić information content (AvgIpc) is 2.44. The van der Waals surface area contributed by atoms with Crippen molar-refractivity contribution in [1.29, 1.82) is 0 Å². The van der Waals surface area contributed by atoms with Crippen LogP contribution in [0.1, 0.15) is 11.1 Å². The minimum absolute atomic E-state index is 0.0388. The van der Waals surface area contributed by atoms with Crippen molar-refractivity contribution < 1.29 is 29.6 Å². The van der Waals surface area contributed by atoms with Gasteiger partial charge in [0, 0.05) is 0 Å². The molecule has 2 aromatic rings. The van der Waals surface area contributed by atoms with Crippen LogP contribution < -0.4 is 4.74 Å². The molecule has 2 aromatic carbocycles. The highest BCUT2D eigenvalue weighted by Crippen LogP contribution is 2.27. The summed E-state index contributed by atoms with van der Waals surface area (Å²) in [5.74, 6) is -1.85. The smallest absolute Gasteiger partial charge is 0.315 e. The Labute approximate surface area is 126 Å². The van der Waals surface area contributed by atoms with E-state index in [0.717, 1.165) is 0 Å². The largest absolute Gasteiger partial charge is 0.508 e. The fourth-order valence-corrected chi connectivity index (χ4v) is 1.86. The highest BCUT2D eigenvalue weighted by atomic mass is 16.5. The summed E-state index contributed by atoms with van der Waals surface area (Å²) in [6.07, 6.45) is -0.272. The zero-order chi connectivity index (χ0) is 16.1. The lowest BCUT2D eigenvalue weighted by Gasteiger charge is -2.08. The fraction of sp³-hybridized carbons (Fsp3) is 0.125. The minimum atomic E-state index is -1.02. The van der Waals surface area contributed by atoms with Crippen LogP contribution in [0.25, 0.3) is 0 Å². The Morgan fingerprint density at radius 2 is 1.55 bits per heavy atom. The van der Waals surface area contributed by atoms with E-state index in [1.165, 1.54) is 30.3 Å². The summed E-state index contributed by atoms with van der Waals surface area (Å²) in [5, 5.41) is 27.6. The maximum atomic E-state index is 11.8. The van der Waals surface area contributed by atoms with Gasteiger partial charge in [-0.2, -0.15) is 0 Å². The standard InChI is InChI=1S/C16H14O6/c17-12-4-1-10(2-5-12)9-16(21)22-14-7-11(8-15(19)20)3-6-13(14)18/h1-7,17-18H,8-9H2,(H,19,20). The van der Waals surface area contributed by atoms with Gasteiger partial charge in [-0.25, -0.2) is 0 Å². The van der Waals surface area contributed by atoms with Gasteiger partial charge in [-0.05, 0) is 35.4 Å². The van der Waals surface area contributed by atoms with E-state index < -0.39 is 11.9 Å². The van der Waals surface area contributed by atoms with Gasteiger partial charge in [0.05, 0.1) is 12.8 Å². The zero-order valence-corrected chi connectivity index (χ0v) is 11.5. The van der Waals surface area contributed by atoms with E-state index in [1.54, 1.807) is 12.1 Å². The van der Waals surface area contributed by atoms with E-state index in [1.807, 2.05) is 0 Å². The fourth-order valence-electron chi connectivity index (χ4n) is 1.86. The van der Waals surface area contributed by atoms with Crippen LogP contribution in [0.4, 0.5) is 0 Å². The number of carboxylic acids is 1. The molecule has 0 aliphatic rings. The Balaban J connectivity index is 2.07. The second kappa shape index (κ2) is 6.62. The van der Waals surface area contributed by atoms with Crippen molar-refractivity contribution in [3.63, 3.8) is 0 Å². The first-order chi connectivity index (χ1) is 10.4. The van der Waals surface area contributed by atoms with Crippen LogP contribution in [-0.2, 0) is 22.4 Å². The molecule has 0 aliphatic heterocycles. The highest BCUT2D eigenvalue weighted by Gasteiger charge is 2.12. The number of carboxylic acid groups (broad SMARTS) is 1. The Bertz CT molecular complexity index is 690. The lowest BCUT2D eigenvalue weighted by atomic mass is 10.1. The molecule has 0 heterocycles. The molecular weight excluding hydrogens is 288 g/mol. The summed E-state index contributed by atoms with van der Waals surface area (Å²) in [6, 6.07) is 10.1. The van der Waals surface area contributed by atoms with Gasteiger partial charge < -0.3 is 20.1 Å². The second-order valence-electron chi connectivity index (χ2n) is 4.69. The van der Waals surface area contributed by atoms with Crippen LogP contribution in [0.5, 0.6) is 17.2 Å². The molecule has 114 valence electrons. The molecule has 0 atom stereocenters. The SMILES string of the molecule is O=C(O)Cc1ccc(O)c(OC(=O)Cc2ccc(O)cc2)c1. The van der Waals surface area contributed by atoms with E-state index in [4.69, 9.17) is 14.9 Å². The summed E-state index contributed by atoms with van der Waals surface area (Å²) in [4.78, 5) is 22.5. The number of esters is 1. The predicted molar refractivity (Wildman–Crippen MR) is 76.9 cm³/mol. The number of hydrogen-bond acceptors (Lipinski definition) is 5. The van der Waals surface area contributed by atoms with Crippen molar-refractivity contribution in [2.24, 2.45) is 0 Å². The summed E-state index contributed by atoms with van der Waals surface area (Å²) >= 11 is 0. The molecule has 0 bridgehead atoms. The van der Waals surface area contributed by atoms with Crippen LogP contribution in [0, 0.1) is 0 Å². The lowest BCUT2D eigenvalue weighted by Crippen LogP contribution is -2.11. The number of carbonyl (C=O) groups is 2. The zero-order valence-electron chi connectivity index (χ0n) is 11.5. The molecule has 0 saturated heterocycles. The van der Waals surface area contributed by atoms with Crippen molar-refractivity contribution in [1.82, 2.24) is 0 Å². The number of carbonyl (C=O) groups excluding carboxylic acids is 1. The van der Waals surface area contributed by atoms with Crippen LogP contribution in [0.3, 0.4) is 0 Å². The first-order valence-corrected chi connectivity index (χ1v) is 6.46. The van der Waals surface area contributed by atoms with E-state index in [9.17, 15) is 14.7 Å². The van der Waals surface area contributed by atoms with Crippen LogP contribution in [0.15, 0.2) is 42.5 Å². The first-order valence-electron chi connectivity index (χ1n) is 6.46. The maximum Gasteiger partial charge on any atom is 0.315 e. The average molecular weight is 302 g/mol. The van der Waals surface area contributed by atoms with Gasteiger partial charge in [0.25, 0.3) is 0 Å². The van der Waals surface area contributed by atoms with Crippen LogP contribution in [-0.4, -0.2) is 27.3 Å². The molecule has 0 aliphatic carbocycles. The molecule has 6 nitrogen and oxygen atoms in total. The molecule has 0 radical (unpaired) electrons. The van der Waals surface area contributed by atoms with Gasteiger partial charge in [-0.1, -0.05) is 18.2 Å². The molecule has 0 saturated carbocycles. The topological polar surface area (TPSA) is 104 Å². The molecule has 22 heavy (non-hydrogen) atoms. The highest BCUT2D eigenvalue weighted by molar-refractivity contribution is 5.76. The summed E-state index contributed by atoms with van der Waals surface area (Å²) in [7, 11) is 0. The predicted octanol–water partition coefficient (Wildman–Crippen LogP) is 1.87. The number of aromatic hydroxyl groups is 2. The first kappa shape index (κ1) is 15.4. The van der Waals surface area contributed by atoms with E-state index >= 15 is 0 Å². The molecule has 0 fully saturated rings. The van der Waals surface area contributed by atoms with Crippen molar-refractivity contribution in [2.75, 3.05) is 0 Å². The summed E-state index contributed by atoms with van der Waals surface area (Å²) < 4.78 is 5.06. The molecule has 0 unspecified atom stereocenters. The molecule has 6 heteroatoms. The van der Waals surface area contributed by atoms with E-state index in [-0.39, 0.29) is 30.1 Å². The molecule has 2 rings (SSSR count). The molecule has 0 amide bonds. The normalized spacial score (nSPS) is 10.2. The van der Waals surface area contributed by atoms with Gasteiger partial charge in [-0.15, -0.1) is 0 Å². The van der Waals surface area contributed by atoms with Gasteiger partial charge >= 0.3 is 11.9 Å². The van der Waals surface area contributed by atoms with Gasteiger partial charge in [-0.3, -0.25) is 9.59 Å². The van der Waals surface area contributed by atoms with Gasteiger partial charge in [0.15, 0.2) is 11.5 Å². The third-order valence-corrected chi connectivity index (χ3v) is 2.89. The number of rotatable bonds is 5. The third kappa shape index (κ3) is 4.24. The second-order valence-corrected chi connectivity index (χ2v) is 4.69. The lowest BCUT2D eigenvalue weighted by molar-refractivity contribution is -0.136. The quantitative estimate of drug-likeness (QED) is 0.575. The van der Waals surface area contributed by atoms with E-state index in [2.05, 4.69) is 0 Å². The monoisotopic (exact) mass is 302 g/mol. The Morgan fingerprint density at radius 3 is 2.18 bits per heavy atom.